The summed E-state index contributed by atoms with van der Waals surface area (Å²) in [7, 11) is 0. The maximum atomic E-state index is 12.4. The Labute approximate surface area is 296 Å². The van der Waals surface area contributed by atoms with Gasteiger partial charge in [0.1, 0.15) is 6.04 Å². The molecule has 0 fully saturated rings. The first-order valence-corrected chi connectivity index (χ1v) is 16.4. The number of hydrogen-bond acceptors (Lipinski definition) is 6. The molecular formula is C37H48F3N5O6. The SMILES string of the molecule is CCC.C[C@@H](NC=O)C(=O)N[C@@H](CCC(N)=O)C(O)C(F)(F)F.C[C@H](Cc1ccccc1)NC(=O)CNC(=O)c1ccc(-c2ccccc2)cc1. The molecule has 1 unspecified atom stereocenters. The fourth-order valence-electron chi connectivity index (χ4n) is 4.37. The normalized spacial score (nSPS) is 12.9. The fourth-order valence-corrected chi connectivity index (χ4v) is 4.37. The number of alkyl halides is 3. The Balaban J connectivity index is 0.000000500. The van der Waals surface area contributed by atoms with Crippen LogP contribution in [0.15, 0.2) is 84.9 Å². The first-order chi connectivity index (χ1) is 24.1. The molecule has 7 N–H and O–H groups in total. The molecule has 0 saturated heterocycles. The summed E-state index contributed by atoms with van der Waals surface area (Å²) in [5, 5.41) is 18.7. The molecular weight excluding hydrogens is 667 g/mol. The zero-order valence-electron chi connectivity index (χ0n) is 29.2. The van der Waals surface area contributed by atoms with Gasteiger partial charge in [-0.1, -0.05) is 93.1 Å². The van der Waals surface area contributed by atoms with Gasteiger partial charge >= 0.3 is 6.18 Å². The molecule has 0 aliphatic rings. The number of carbonyl (C=O) groups is 5. The smallest absolute Gasteiger partial charge is 0.382 e. The fraction of sp³-hybridized carbons (Fsp3) is 0.378. The van der Waals surface area contributed by atoms with E-state index in [4.69, 9.17) is 10.8 Å². The van der Waals surface area contributed by atoms with Crippen LogP contribution in [0.1, 0.15) is 62.9 Å². The van der Waals surface area contributed by atoms with Crippen molar-refractivity contribution in [3.8, 4) is 11.1 Å². The summed E-state index contributed by atoms with van der Waals surface area (Å²) in [5.74, 6) is -2.24. The monoisotopic (exact) mass is 715 g/mol. The van der Waals surface area contributed by atoms with Crippen molar-refractivity contribution in [1.82, 2.24) is 21.3 Å². The Kier molecular flexibility index (Phi) is 19.9. The van der Waals surface area contributed by atoms with Crippen LogP contribution in [0.25, 0.3) is 11.1 Å². The van der Waals surface area contributed by atoms with E-state index >= 15 is 0 Å². The quantitative estimate of drug-likeness (QED) is 0.129. The lowest BCUT2D eigenvalue weighted by atomic mass is 10.0. The number of carbonyl (C=O) groups excluding carboxylic acids is 5. The van der Waals surface area contributed by atoms with Gasteiger partial charge in [0.25, 0.3) is 5.91 Å². The van der Waals surface area contributed by atoms with E-state index in [-0.39, 0.29) is 30.8 Å². The van der Waals surface area contributed by atoms with Crippen molar-refractivity contribution >= 4 is 30.0 Å². The van der Waals surface area contributed by atoms with Gasteiger partial charge in [-0.25, -0.2) is 0 Å². The molecule has 4 atom stereocenters. The largest absolute Gasteiger partial charge is 0.416 e. The zero-order chi connectivity index (χ0) is 38.4. The maximum Gasteiger partial charge on any atom is 0.416 e. The van der Waals surface area contributed by atoms with Gasteiger partial charge in [-0.05, 0) is 55.5 Å². The Bertz CT molecular complexity index is 1490. The topological polar surface area (TPSA) is 180 Å². The summed E-state index contributed by atoms with van der Waals surface area (Å²) in [4.78, 5) is 56.6. The lowest BCUT2D eigenvalue weighted by Gasteiger charge is -2.26. The number of aliphatic hydroxyl groups excluding tert-OH is 1. The third-order valence-corrected chi connectivity index (χ3v) is 6.91. The molecule has 3 rings (SSSR count). The minimum absolute atomic E-state index is 0.00282. The standard InChI is InChI=1S/C24H24N2O2.C10H16F3N3O4.C3H8/c1-18(16-19-8-4-2-5-9-19)26-23(27)17-25-24(28)22-14-12-21(13-15-22)20-10-6-3-7-11-20;1-5(15-4-17)9(20)16-6(2-3-7(14)18)8(19)10(11,12)13;1-3-2/h2-15,18H,16-17H2,1H3,(H,25,28)(H,26,27);4-6,8,19H,2-3H2,1H3,(H2,14,18)(H,15,17)(H,16,20);3H2,1-2H3/t18-;5-,6+,8?;/m11./s1. The highest BCUT2D eigenvalue weighted by atomic mass is 19.4. The Hall–Kier alpha value is -5.24. The number of aliphatic hydroxyl groups is 1. The molecule has 0 aromatic heterocycles. The lowest BCUT2D eigenvalue weighted by molar-refractivity contribution is -0.212. The van der Waals surface area contributed by atoms with Crippen molar-refractivity contribution < 1.29 is 42.3 Å². The number of halogens is 3. The number of rotatable bonds is 15. The van der Waals surface area contributed by atoms with Crippen molar-refractivity contribution in [3.05, 3.63) is 96.1 Å². The highest BCUT2D eigenvalue weighted by Crippen LogP contribution is 2.24. The molecule has 0 radical (unpaired) electrons. The Morgan fingerprint density at radius 2 is 1.37 bits per heavy atom. The van der Waals surface area contributed by atoms with E-state index in [2.05, 4.69) is 24.5 Å². The van der Waals surface area contributed by atoms with E-state index in [1.807, 2.05) is 90.4 Å². The Morgan fingerprint density at radius 1 is 0.843 bits per heavy atom. The third-order valence-electron chi connectivity index (χ3n) is 6.91. The van der Waals surface area contributed by atoms with Gasteiger partial charge < -0.3 is 32.1 Å². The van der Waals surface area contributed by atoms with Gasteiger partial charge in [0.2, 0.25) is 24.1 Å². The summed E-state index contributed by atoms with van der Waals surface area (Å²) < 4.78 is 37.3. The van der Waals surface area contributed by atoms with Crippen LogP contribution in [0.3, 0.4) is 0 Å². The second kappa shape index (κ2) is 23.2. The molecule has 0 heterocycles. The predicted molar refractivity (Wildman–Crippen MR) is 189 cm³/mol. The van der Waals surface area contributed by atoms with Crippen LogP contribution in [0, 0.1) is 0 Å². The second-order valence-electron chi connectivity index (χ2n) is 11.6. The van der Waals surface area contributed by atoms with Gasteiger partial charge in [-0.2, -0.15) is 13.2 Å². The van der Waals surface area contributed by atoms with Gasteiger partial charge in [-0.3, -0.25) is 24.0 Å². The number of nitrogens with two attached hydrogens (primary N) is 1. The van der Waals surface area contributed by atoms with Crippen molar-refractivity contribution in [2.75, 3.05) is 6.54 Å². The second-order valence-corrected chi connectivity index (χ2v) is 11.6. The van der Waals surface area contributed by atoms with Crippen LogP contribution in [0.4, 0.5) is 13.2 Å². The maximum absolute atomic E-state index is 12.4. The zero-order valence-corrected chi connectivity index (χ0v) is 29.2. The van der Waals surface area contributed by atoms with E-state index in [0.29, 0.717) is 5.56 Å². The average Bonchev–Trinajstić information content (AvgIpc) is 3.09. The molecule has 0 saturated carbocycles. The minimum Gasteiger partial charge on any atom is -0.382 e. The number of hydrogen-bond donors (Lipinski definition) is 6. The molecule has 14 heteroatoms. The highest BCUT2D eigenvalue weighted by molar-refractivity contribution is 5.96. The van der Waals surface area contributed by atoms with E-state index < -0.39 is 49.0 Å². The summed E-state index contributed by atoms with van der Waals surface area (Å²) >= 11 is 0. The average molecular weight is 716 g/mol. The van der Waals surface area contributed by atoms with Crippen LogP contribution >= 0.6 is 0 Å². The first-order valence-electron chi connectivity index (χ1n) is 16.4. The molecule has 5 amide bonds. The Morgan fingerprint density at radius 3 is 1.88 bits per heavy atom. The minimum atomic E-state index is -4.96. The van der Waals surface area contributed by atoms with E-state index in [1.165, 1.54) is 13.3 Å². The molecule has 3 aromatic carbocycles. The molecule has 278 valence electrons. The van der Waals surface area contributed by atoms with Crippen molar-refractivity contribution in [2.24, 2.45) is 5.73 Å². The molecule has 11 nitrogen and oxygen atoms in total. The van der Waals surface area contributed by atoms with Gasteiger partial charge in [0.15, 0.2) is 6.10 Å². The highest BCUT2D eigenvalue weighted by Gasteiger charge is 2.44. The van der Waals surface area contributed by atoms with Crippen molar-refractivity contribution in [3.63, 3.8) is 0 Å². The van der Waals surface area contributed by atoms with Gasteiger partial charge in [-0.15, -0.1) is 0 Å². The lowest BCUT2D eigenvalue weighted by Crippen LogP contribution is -2.54. The number of nitrogens with one attached hydrogen (secondary N) is 4. The molecule has 0 spiro atoms. The van der Waals surface area contributed by atoms with Crippen molar-refractivity contribution in [2.45, 2.75) is 83.8 Å². The summed E-state index contributed by atoms with van der Waals surface area (Å²) in [6.45, 7) is 7.41. The molecule has 0 bridgehead atoms. The third kappa shape index (κ3) is 17.8. The summed E-state index contributed by atoms with van der Waals surface area (Å²) in [6, 6.07) is 24.5. The van der Waals surface area contributed by atoms with Crippen LogP contribution in [-0.2, 0) is 25.6 Å². The first kappa shape index (κ1) is 43.8. The van der Waals surface area contributed by atoms with Crippen LogP contribution in [-0.4, -0.2) is 72.1 Å². The molecule has 3 aromatic rings. The van der Waals surface area contributed by atoms with E-state index in [9.17, 15) is 37.1 Å². The number of amides is 5. The molecule has 0 aliphatic heterocycles. The molecule has 51 heavy (non-hydrogen) atoms. The van der Waals surface area contributed by atoms with Crippen molar-refractivity contribution in [1.29, 1.82) is 0 Å². The van der Waals surface area contributed by atoms with Crippen LogP contribution in [0.5, 0.6) is 0 Å². The predicted octanol–water partition coefficient (Wildman–Crippen LogP) is 4.04. The van der Waals surface area contributed by atoms with Crippen LogP contribution in [0.2, 0.25) is 0 Å². The van der Waals surface area contributed by atoms with Gasteiger partial charge in [0.05, 0.1) is 12.6 Å². The van der Waals surface area contributed by atoms with E-state index in [1.54, 1.807) is 12.1 Å². The number of primary amides is 1. The van der Waals surface area contributed by atoms with E-state index in [0.717, 1.165) is 23.1 Å². The number of benzene rings is 3. The summed E-state index contributed by atoms with van der Waals surface area (Å²) in [6.07, 6.45) is -6.50. The van der Waals surface area contributed by atoms with Crippen LogP contribution < -0.4 is 27.0 Å². The molecule has 0 aliphatic carbocycles. The van der Waals surface area contributed by atoms with Gasteiger partial charge in [0, 0.05) is 18.0 Å². The summed E-state index contributed by atoms with van der Waals surface area (Å²) in [5.41, 5.74) is 8.66.